The molecule has 1 aliphatic heterocycles. The van der Waals surface area contributed by atoms with Crippen molar-refractivity contribution in [3.63, 3.8) is 0 Å². The fourth-order valence-corrected chi connectivity index (χ4v) is 3.79. The quantitative estimate of drug-likeness (QED) is 0.587. The fraction of sp³-hybridized carbons (Fsp3) is 0.706. The fourth-order valence-electron chi connectivity index (χ4n) is 3.22. The zero-order valence-electron chi connectivity index (χ0n) is 13.5. The number of allylic oxidation sites excluding steroid dienone is 1. The lowest BCUT2D eigenvalue weighted by molar-refractivity contribution is -0.115. The Kier molecular flexibility index (Phi) is 4.56. The molecule has 0 saturated carbocycles. The largest absolute Gasteiger partial charge is 0.295 e. The SMILES string of the molecule is CCCCC1=C2[C@H](CC1=O)CN(C)[C@H]2C#C[Si](C)(C)C. The van der Waals surface area contributed by atoms with Crippen molar-refractivity contribution in [1.29, 1.82) is 0 Å². The summed E-state index contributed by atoms with van der Waals surface area (Å²) in [6, 6.07) is 0.199. The van der Waals surface area contributed by atoms with Gasteiger partial charge in [-0.25, -0.2) is 0 Å². The highest BCUT2D eigenvalue weighted by atomic mass is 28.3. The van der Waals surface area contributed by atoms with Crippen LogP contribution in [0.5, 0.6) is 0 Å². The molecule has 1 heterocycles. The van der Waals surface area contributed by atoms with Crippen molar-refractivity contribution < 1.29 is 4.79 Å². The number of rotatable bonds is 3. The van der Waals surface area contributed by atoms with E-state index in [0.717, 1.165) is 37.8 Å². The number of nitrogens with zero attached hydrogens (tertiary/aromatic N) is 1. The lowest BCUT2D eigenvalue weighted by Gasteiger charge is -2.17. The zero-order valence-corrected chi connectivity index (χ0v) is 14.5. The average Bonchev–Trinajstić information content (AvgIpc) is 2.77. The molecule has 2 aliphatic rings. The summed E-state index contributed by atoms with van der Waals surface area (Å²) in [7, 11) is 0.792. The van der Waals surface area contributed by atoms with E-state index < -0.39 is 8.07 Å². The van der Waals surface area contributed by atoms with Crippen LogP contribution in [0.1, 0.15) is 32.6 Å². The van der Waals surface area contributed by atoms with Crippen LogP contribution in [0, 0.1) is 17.4 Å². The van der Waals surface area contributed by atoms with E-state index in [4.69, 9.17) is 0 Å². The maximum Gasteiger partial charge on any atom is 0.159 e. The molecule has 0 aromatic carbocycles. The van der Waals surface area contributed by atoms with Gasteiger partial charge in [-0.2, -0.15) is 0 Å². The third-order valence-electron chi connectivity index (χ3n) is 4.16. The van der Waals surface area contributed by atoms with Gasteiger partial charge < -0.3 is 0 Å². The normalized spacial score (nSPS) is 26.8. The molecule has 20 heavy (non-hydrogen) atoms. The second-order valence-corrected chi connectivity index (χ2v) is 12.0. The van der Waals surface area contributed by atoms with Gasteiger partial charge in [0.1, 0.15) is 8.07 Å². The first-order valence-corrected chi connectivity index (χ1v) is 11.3. The summed E-state index contributed by atoms with van der Waals surface area (Å²) in [5.41, 5.74) is 5.99. The molecule has 0 spiro atoms. The summed E-state index contributed by atoms with van der Waals surface area (Å²) in [5, 5.41) is 0. The molecule has 1 fully saturated rings. The predicted octanol–water partition coefficient (Wildman–Crippen LogP) is 3.26. The topological polar surface area (TPSA) is 20.3 Å². The standard InChI is InChI=1S/C17H27NOSi/c1-6-7-8-14-16(19)11-13-12-18(2)15(17(13)14)9-10-20(3,4)5/h13,15H,6-8,11-12H2,1-5H3/t13-,15+/m1/s1. The molecule has 2 atom stereocenters. The number of likely N-dealkylation sites (tertiary alicyclic amines) is 1. The number of Topliss-reactive ketones (excluding diaryl/α,β-unsaturated/α-hetero) is 1. The second-order valence-electron chi connectivity index (χ2n) is 7.22. The Morgan fingerprint density at radius 2 is 2.05 bits per heavy atom. The third-order valence-corrected chi connectivity index (χ3v) is 5.06. The predicted molar refractivity (Wildman–Crippen MR) is 87.2 cm³/mol. The number of hydrogen-bond donors (Lipinski definition) is 0. The van der Waals surface area contributed by atoms with Crippen molar-refractivity contribution in [3.8, 4) is 11.5 Å². The van der Waals surface area contributed by atoms with Gasteiger partial charge in [-0.05, 0) is 31.0 Å². The number of carbonyl (C=O) groups excluding carboxylic acids is 1. The van der Waals surface area contributed by atoms with Crippen LogP contribution in [0.2, 0.25) is 19.6 Å². The molecule has 0 aromatic heterocycles. The smallest absolute Gasteiger partial charge is 0.159 e. The molecule has 0 unspecified atom stereocenters. The molecule has 1 aliphatic carbocycles. The van der Waals surface area contributed by atoms with E-state index in [0.29, 0.717) is 11.7 Å². The Hall–Kier alpha value is -0.853. The Bertz CT molecular complexity index is 489. The van der Waals surface area contributed by atoms with Gasteiger partial charge in [0, 0.05) is 18.9 Å². The number of carbonyl (C=O) groups is 1. The van der Waals surface area contributed by atoms with E-state index >= 15 is 0 Å². The zero-order chi connectivity index (χ0) is 14.9. The van der Waals surface area contributed by atoms with Crippen molar-refractivity contribution in [2.45, 2.75) is 58.3 Å². The molecule has 1 saturated heterocycles. The van der Waals surface area contributed by atoms with Crippen molar-refractivity contribution in [2.24, 2.45) is 5.92 Å². The molecule has 2 nitrogen and oxygen atoms in total. The Balaban J connectivity index is 2.32. The van der Waals surface area contributed by atoms with E-state index in [1.54, 1.807) is 0 Å². The molecule has 0 N–H and O–H groups in total. The van der Waals surface area contributed by atoms with Crippen molar-refractivity contribution in [3.05, 3.63) is 11.1 Å². The van der Waals surface area contributed by atoms with Gasteiger partial charge in [-0.1, -0.05) is 38.9 Å². The summed E-state index contributed by atoms with van der Waals surface area (Å²) in [5.74, 6) is 4.34. The van der Waals surface area contributed by atoms with Gasteiger partial charge in [0.15, 0.2) is 5.78 Å². The molecule has 110 valence electrons. The molecule has 0 bridgehead atoms. The first-order valence-electron chi connectivity index (χ1n) is 7.82. The highest BCUT2D eigenvalue weighted by Gasteiger charge is 2.42. The van der Waals surface area contributed by atoms with Crippen LogP contribution in [0.3, 0.4) is 0 Å². The Morgan fingerprint density at radius 3 is 2.65 bits per heavy atom. The van der Waals surface area contributed by atoms with E-state index in [-0.39, 0.29) is 6.04 Å². The monoisotopic (exact) mass is 289 g/mol. The first-order chi connectivity index (χ1) is 9.33. The van der Waals surface area contributed by atoms with Crippen LogP contribution in [-0.4, -0.2) is 38.4 Å². The van der Waals surface area contributed by atoms with Gasteiger partial charge >= 0.3 is 0 Å². The van der Waals surface area contributed by atoms with Gasteiger partial charge in [0.05, 0.1) is 6.04 Å². The van der Waals surface area contributed by atoms with Gasteiger partial charge in [-0.15, -0.1) is 5.54 Å². The van der Waals surface area contributed by atoms with Gasteiger partial charge in [-0.3, -0.25) is 9.69 Å². The van der Waals surface area contributed by atoms with Crippen molar-refractivity contribution in [2.75, 3.05) is 13.6 Å². The first kappa shape index (κ1) is 15.5. The number of ketones is 1. The van der Waals surface area contributed by atoms with Crippen LogP contribution in [0.4, 0.5) is 0 Å². The number of fused-ring (bicyclic) bond motifs is 1. The highest BCUT2D eigenvalue weighted by molar-refractivity contribution is 6.83. The second kappa shape index (κ2) is 5.87. The molecular weight excluding hydrogens is 262 g/mol. The maximum atomic E-state index is 12.2. The molecule has 0 amide bonds. The Labute approximate surface area is 124 Å². The minimum Gasteiger partial charge on any atom is -0.295 e. The van der Waals surface area contributed by atoms with Crippen LogP contribution in [-0.2, 0) is 4.79 Å². The summed E-state index contributed by atoms with van der Waals surface area (Å²) in [4.78, 5) is 14.6. The lowest BCUT2D eigenvalue weighted by Crippen LogP contribution is -2.27. The van der Waals surface area contributed by atoms with E-state index in [9.17, 15) is 4.79 Å². The van der Waals surface area contributed by atoms with Gasteiger partial charge in [0.2, 0.25) is 0 Å². The molecule has 2 rings (SSSR count). The Morgan fingerprint density at radius 1 is 1.35 bits per heavy atom. The summed E-state index contributed by atoms with van der Waals surface area (Å²) < 4.78 is 0. The van der Waals surface area contributed by atoms with E-state index in [1.807, 2.05) is 0 Å². The summed E-state index contributed by atoms with van der Waals surface area (Å²) in [6.45, 7) is 10.0. The number of hydrogen-bond acceptors (Lipinski definition) is 2. The average molecular weight is 289 g/mol. The van der Waals surface area contributed by atoms with Crippen molar-refractivity contribution >= 4 is 13.9 Å². The molecule has 0 aromatic rings. The van der Waals surface area contributed by atoms with E-state index in [2.05, 4.69) is 50.0 Å². The lowest BCUT2D eigenvalue weighted by atomic mass is 9.97. The number of likely N-dealkylation sites (N-methyl/N-ethyl adjacent to an activating group) is 1. The third kappa shape index (κ3) is 3.24. The highest BCUT2D eigenvalue weighted by Crippen LogP contribution is 2.40. The summed E-state index contributed by atoms with van der Waals surface area (Å²) in [6.07, 6.45) is 3.95. The molecule has 0 radical (unpaired) electrons. The molecular formula is C17H27NOSi. The maximum absolute atomic E-state index is 12.2. The van der Waals surface area contributed by atoms with Crippen LogP contribution in [0.15, 0.2) is 11.1 Å². The van der Waals surface area contributed by atoms with Crippen LogP contribution < -0.4 is 0 Å². The van der Waals surface area contributed by atoms with Crippen LogP contribution >= 0.6 is 0 Å². The van der Waals surface area contributed by atoms with Gasteiger partial charge in [0.25, 0.3) is 0 Å². The minimum atomic E-state index is -1.36. The van der Waals surface area contributed by atoms with E-state index in [1.165, 1.54) is 5.57 Å². The molecule has 3 heteroatoms. The minimum absolute atomic E-state index is 0.199. The summed E-state index contributed by atoms with van der Waals surface area (Å²) >= 11 is 0. The van der Waals surface area contributed by atoms with Crippen LogP contribution in [0.25, 0.3) is 0 Å². The number of unbranched alkanes of at least 4 members (excludes halogenated alkanes) is 1. The van der Waals surface area contributed by atoms with Crippen molar-refractivity contribution in [1.82, 2.24) is 4.90 Å².